The number of aromatic hydroxyl groups is 1. The summed E-state index contributed by atoms with van der Waals surface area (Å²) in [4.78, 5) is -0.0450. The Bertz CT molecular complexity index is 781. The van der Waals surface area contributed by atoms with Gasteiger partial charge in [0.05, 0.1) is 7.11 Å². The molecule has 0 aliphatic rings. The van der Waals surface area contributed by atoms with Gasteiger partial charge < -0.3 is 14.0 Å². The molecule has 2 aromatic carbocycles. The Balaban J connectivity index is 2.44. The van der Waals surface area contributed by atoms with E-state index in [0.29, 0.717) is 6.42 Å². The van der Waals surface area contributed by atoms with Crippen LogP contribution >= 0.6 is 0 Å². The first-order chi connectivity index (χ1) is 10.4. The maximum absolute atomic E-state index is 12.5. The van der Waals surface area contributed by atoms with Crippen molar-refractivity contribution in [2.45, 2.75) is 25.2 Å². The molecule has 2 rings (SSSR count). The lowest BCUT2D eigenvalue weighted by molar-refractivity contribution is 0.398. The van der Waals surface area contributed by atoms with Gasteiger partial charge in [-0.2, -0.15) is 8.42 Å². The smallest absolute Gasteiger partial charge is 0.342 e. The number of aryl methyl sites for hydroxylation is 2. The largest absolute Gasteiger partial charge is 0.508 e. The van der Waals surface area contributed by atoms with Crippen molar-refractivity contribution in [3.8, 4) is 17.2 Å². The second-order valence-electron chi connectivity index (χ2n) is 4.88. The molecular weight excluding hydrogens is 304 g/mol. The quantitative estimate of drug-likeness (QED) is 0.857. The highest BCUT2D eigenvalue weighted by Crippen LogP contribution is 2.29. The van der Waals surface area contributed by atoms with E-state index in [1.807, 2.05) is 6.92 Å². The highest BCUT2D eigenvalue weighted by molar-refractivity contribution is 7.87. The summed E-state index contributed by atoms with van der Waals surface area (Å²) in [7, 11) is -2.66. The lowest BCUT2D eigenvalue weighted by Crippen LogP contribution is -2.11. The molecule has 0 radical (unpaired) electrons. The van der Waals surface area contributed by atoms with Crippen LogP contribution in [0.25, 0.3) is 0 Å². The first-order valence-corrected chi connectivity index (χ1v) is 8.18. The van der Waals surface area contributed by atoms with Crippen molar-refractivity contribution in [3.63, 3.8) is 0 Å². The highest BCUT2D eigenvalue weighted by atomic mass is 32.2. The lowest BCUT2D eigenvalue weighted by Gasteiger charge is -2.12. The number of phenolic OH excluding ortho intramolecular Hbond substituents is 1. The Hall–Kier alpha value is -2.21. The SMILES string of the molecule is CCc1cc(O)cc(OS(=O)(=O)c2cc(C)ccc2OC)c1. The molecule has 1 N–H and O–H groups in total. The summed E-state index contributed by atoms with van der Waals surface area (Å²) >= 11 is 0. The molecule has 0 aromatic heterocycles. The predicted octanol–water partition coefficient (Wildman–Crippen LogP) is 3.04. The van der Waals surface area contributed by atoms with E-state index >= 15 is 0 Å². The molecule has 0 amide bonds. The first-order valence-electron chi connectivity index (χ1n) is 6.77. The molecule has 22 heavy (non-hydrogen) atoms. The zero-order valence-corrected chi connectivity index (χ0v) is 13.5. The van der Waals surface area contributed by atoms with Crippen molar-refractivity contribution >= 4 is 10.1 Å². The Morgan fingerprint density at radius 3 is 2.50 bits per heavy atom. The molecule has 0 atom stereocenters. The number of rotatable bonds is 5. The summed E-state index contributed by atoms with van der Waals surface area (Å²) in [6.45, 7) is 3.68. The Morgan fingerprint density at radius 1 is 1.14 bits per heavy atom. The van der Waals surface area contributed by atoms with Gasteiger partial charge in [-0.25, -0.2) is 0 Å². The van der Waals surface area contributed by atoms with Gasteiger partial charge in [-0.1, -0.05) is 13.0 Å². The fraction of sp³-hybridized carbons (Fsp3) is 0.250. The van der Waals surface area contributed by atoms with E-state index in [1.54, 1.807) is 31.2 Å². The van der Waals surface area contributed by atoms with Gasteiger partial charge in [0.2, 0.25) is 0 Å². The number of hydrogen-bond acceptors (Lipinski definition) is 5. The molecule has 0 aliphatic carbocycles. The van der Waals surface area contributed by atoms with E-state index in [0.717, 1.165) is 11.1 Å². The van der Waals surface area contributed by atoms with Crippen molar-refractivity contribution < 1.29 is 22.4 Å². The summed E-state index contributed by atoms with van der Waals surface area (Å²) in [5.41, 5.74) is 1.55. The minimum Gasteiger partial charge on any atom is -0.508 e. The fourth-order valence-electron chi connectivity index (χ4n) is 2.05. The summed E-state index contributed by atoms with van der Waals surface area (Å²) in [6, 6.07) is 9.22. The van der Waals surface area contributed by atoms with Crippen molar-refractivity contribution in [1.82, 2.24) is 0 Å². The molecule has 0 unspecified atom stereocenters. The third-order valence-corrected chi connectivity index (χ3v) is 4.42. The average molecular weight is 322 g/mol. The highest BCUT2D eigenvalue weighted by Gasteiger charge is 2.22. The van der Waals surface area contributed by atoms with E-state index in [9.17, 15) is 13.5 Å². The molecule has 0 saturated carbocycles. The molecule has 0 heterocycles. The van der Waals surface area contributed by atoms with Crippen LogP contribution in [-0.2, 0) is 16.5 Å². The molecule has 0 bridgehead atoms. The Labute approximate surface area is 130 Å². The second-order valence-corrected chi connectivity index (χ2v) is 6.40. The summed E-state index contributed by atoms with van der Waals surface area (Å²) in [6.07, 6.45) is 0.651. The van der Waals surface area contributed by atoms with Gasteiger partial charge in [-0.15, -0.1) is 0 Å². The van der Waals surface area contributed by atoms with Crippen LogP contribution in [-0.4, -0.2) is 20.6 Å². The maximum Gasteiger partial charge on any atom is 0.342 e. The van der Waals surface area contributed by atoms with Crippen molar-refractivity contribution in [3.05, 3.63) is 47.5 Å². The number of benzene rings is 2. The molecule has 6 heteroatoms. The van der Waals surface area contributed by atoms with Crippen LogP contribution in [0.4, 0.5) is 0 Å². The van der Waals surface area contributed by atoms with E-state index in [-0.39, 0.29) is 22.1 Å². The van der Waals surface area contributed by atoms with E-state index in [2.05, 4.69) is 0 Å². The zero-order valence-electron chi connectivity index (χ0n) is 12.7. The molecule has 5 nitrogen and oxygen atoms in total. The number of phenols is 1. The number of hydrogen-bond donors (Lipinski definition) is 1. The monoisotopic (exact) mass is 322 g/mol. The van der Waals surface area contributed by atoms with Crippen molar-refractivity contribution in [2.24, 2.45) is 0 Å². The van der Waals surface area contributed by atoms with Crippen LogP contribution in [0.5, 0.6) is 17.2 Å². The minimum atomic E-state index is -4.06. The molecule has 0 spiro atoms. The number of methoxy groups -OCH3 is 1. The molecule has 0 aliphatic heterocycles. The van der Waals surface area contributed by atoms with Gasteiger partial charge in [0.15, 0.2) is 0 Å². The van der Waals surface area contributed by atoms with E-state index in [1.165, 1.54) is 19.2 Å². The van der Waals surface area contributed by atoms with E-state index in [4.69, 9.17) is 8.92 Å². The minimum absolute atomic E-state index is 0.0410. The van der Waals surface area contributed by atoms with Gasteiger partial charge in [0.1, 0.15) is 22.1 Å². The van der Waals surface area contributed by atoms with Crippen molar-refractivity contribution in [2.75, 3.05) is 7.11 Å². The summed E-state index contributed by atoms with van der Waals surface area (Å²) in [5, 5.41) is 9.64. The predicted molar refractivity (Wildman–Crippen MR) is 83.0 cm³/mol. The molecule has 0 fully saturated rings. The van der Waals surface area contributed by atoms with Gasteiger partial charge in [0.25, 0.3) is 0 Å². The van der Waals surface area contributed by atoms with Gasteiger partial charge in [-0.05, 0) is 48.7 Å². The average Bonchev–Trinajstić information content (AvgIpc) is 2.46. The standard InChI is InChI=1S/C16H18O5S/c1-4-12-8-13(17)10-14(9-12)21-22(18,19)16-7-11(2)5-6-15(16)20-3/h5-10,17H,4H2,1-3H3. The van der Waals surface area contributed by atoms with Gasteiger partial charge in [-0.3, -0.25) is 0 Å². The third kappa shape index (κ3) is 3.51. The summed E-state index contributed by atoms with van der Waals surface area (Å²) in [5.74, 6) is 0.239. The molecular formula is C16H18O5S. The normalized spacial score (nSPS) is 11.2. The molecule has 118 valence electrons. The topological polar surface area (TPSA) is 72.8 Å². The van der Waals surface area contributed by atoms with Crippen molar-refractivity contribution in [1.29, 1.82) is 0 Å². The second kappa shape index (κ2) is 6.27. The van der Waals surface area contributed by atoms with Crippen LogP contribution in [0.2, 0.25) is 0 Å². The van der Waals surface area contributed by atoms with Gasteiger partial charge in [0, 0.05) is 6.07 Å². The van der Waals surface area contributed by atoms with Crippen LogP contribution in [0.1, 0.15) is 18.1 Å². The molecule has 0 saturated heterocycles. The van der Waals surface area contributed by atoms with Crippen LogP contribution in [0.15, 0.2) is 41.3 Å². The van der Waals surface area contributed by atoms with E-state index < -0.39 is 10.1 Å². The Morgan fingerprint density at radius 2 is 1.86 bits per heavy atom. The van der Waals surface area contributed by atoms with Crippen LogP contribution < -0.4 is 8.92 Å². The number of ether oxygens (including phenoxy) is 1. The summed E-state index contributed by atoms with van der Waals surface area (Å²) < 4.78 is 35.1. The maximum atomic E-state index is 12.5. The van der Waals surface area contributed by atoms with Crippen LogP contribution in [0.3, 0.4) is 0 Å². The Kier molecular flexibility index (Phi) is 4.61. The molecule has 2 aromatic rings. The van der Waals surface area contributed by atoms with Crippen LogP contribution in [0, 0.1) is 6.92 Å². The third-order valence-electron chi connectivity index (χ3n) is 3.15. The van der Waals surface area contributed by atoms with Gasteiger partial charge >= 0.3 is 10.1 Å². The fourth-order valence-corrected chi connectivity index (χ4v) is 3.21. The lowest BCUT2D eigenvalue weighted by atomic mass is 10.1. The first kappa shape index (κ1) is 16.2. The zero-order chi connectivity index (χ0) is 16.3.